The van der Waals surface area contributed by atoms with E-state index in [0.29, 0.717) is 36.4 Å². The molecule has 112 valence electrons. The molecule has 0 aliphatic rings. The molecule has 0 amide bonds. The monoisotopic (exact) mass is 310 g/mol. The summed E-state index contributed by atoms with van der Waals surface area (Å²) in [5, 5.41) is 6.05. The van der Waals surface area contributed by atoms with Crippen molar-refractivity contribution in [1.82, 2.24) is 9.97 Å². The van der Waals surface area contributed by atoms with Crippen molar-refractivity contribution in [2.75, 3.05) is 24.3 Å². The van der Waals surface area contributed by atoms with Crippen molar-refractivity contribution in [2.45, 2.75) is 13.5 Å². The van der Waals surface area contributed by atoms with Gasteiger partial charge in [-0.25, -0.2) is 14.4 Å². The van der Waals surface area contributed by atoms with Crippen LogP contribution in [0.3, 0.4) is 0 Å². The largest absolute Gasteiger partial charge is 0.374 e. The molecule has 0 atom stereocenters. The Morgan fingerprint density at radius 2 is 2.00 bits per heavy atom. The molecule has 0 saturated carbocycles. The minimum Gasteiger partial charge on any atom is -0.374 e. The lowest BCUT2D eigenvalue weighted by Gasteiger charge is -2.10. The van der Waals surface area contributed by atoms with Gasteiger partial charge in [0.05, 0.1) is 5.02 Å². The van der Waals surface area contributed by atoms with Gasteiger partial charge in [-0.05, 0) is 25.1 Å². The fourth-order valence-electron chi connectivity index (χ4n) is 1.67. The second-order valence-corrected chi connectivity index (χ2v) is 4.60. The number of nitrogens with zero attached hydrogens (tertiary/aromatic N) is 2. The Bertz CT molecular complexity index is 624. The highest BCUT2D eigenvalue weighted by atomic mass is 35.5. The maximum atomic E-state index is 13.4. The first-order chi connectivity index (χ1) is 10.1. The van der Waals surface area contributed by atoms with E-state index in [1.807, 2.05) is 6.92 Å². The molecule has 7 heteroatoms. The average molecular weight is 311 g/mol. The lowest BCUT2D eigenvalue weighted by atomic mass is 10.3. The number of hydrogen-bond acceptors (Lipinski definition) is 5. The zero-order valence-corrected chi connectivity index (χ0v) is 12.5. The van der Waals surface area contributed by atoms with E-state index in [4.69, 9.17) is 16.3 Å². The van der Waals surface area contributed by atoms with Crippen molar-refractivity contribution in [3.63, 3.8) is 0 Å². The van der Waals surface area contributed by atoms with E-state index >= 15 is 0 Å². The summed E-state index contributed by atoms with van der Waals surface area (Å²) in [5.74, 6) is 1.25. The molecule has 1 heterocycles. The molecule has 0 saturated heterocycles. The zero-order chi connectivity index (χ0) is 15.2. The number of benzene rings is 1. The van der Waals surface area contributed by atoms with E-state index in [-0.39, 0.29) is 5.02 Å². The van der Waals surface area contributed by atoms with E-state index < -0.39 is 5.82 Å². The molecule has 1 aromatic heterocycles. The first-order valence-electron chi connectivity index (χ1n) is 6.48. The molecule has 2 rings (SSSR count). The predicted molar refractivity (Wildman–Crippen MR) is 81.6 cm³/mol. The highest BCUT2D eigenvalue weighted by molar-refractivity contribution is 6.30. The van der Waals surface area contributed by atoms with Crippen molar-refractivity contribution >= 4 is 28.9 Å². The number of nitrogens with one attached hydrogen (secondary N) is 2. The van der Waals surface area contributed by atoms with Crippen molar-refractivity contribution in [3.05, 3.63) is 40.9 Å². The standard InChI is InChI=1S/C14H16ClFN4O/c1-3-21-8-14-19-12(17-2)7-13(20-14)18-9-4-5-10(15)11(16)6-9/h4-7H,3,8H2,1-2H3,(H2,17,18,19,20). The van der Waals surface area contributed by atoms with Crippen LogP contribution in [0.5, 0.6) is 0 Å². The Hall–Kier alpha value is -1.92. The van der Waals surface area contributed by atoms with Crippen molar-refractivity contribution < 1.29 is 9.13 Å². The van der Waals surface area contributed by atoms with Crippen LogP contribution < -0.4 is 10.6 Å². The molecule has 0 unspecified atom stereocenters. The van der Waals surface area contributed by atoms with Gasteiger partial charge in [0.15, 0.2) is 5.82 Å². The molecular weight excluding hydrogens is 295 g/mol. The fourth-order valence-corrected chi connectivity index (χ4v) is 1.79. The van der Waals surface area contributed by atoms with Crippen LogP contribution in [0, 0.1) is 5.82 Å². The molecule has 21 heavy (non-hydrogen) atoms. The van der Waals surface area contributed by atoms with Crippen molar-refractivity contribution in [2.24, 2.45) is 0 Å². The van der Waals surface area contributed by atoms with E-state index in [0.717, 1.165) is 0 Å². The van der Waals surface area contributed by atoms with Gasteiger partial charge in [0, 0.05) is 25.4 Å². The minimum absolute atomic E-state index is 0.0798. The number of hydrogen-bond donors (Lipinski definition) is 2. The van der Waals surface area contributed by atoms with Gasteiger partial charge in [0.1, 0.15) is 24.1 Å². The molecule has 0 fully saturated rings. The van der Waals surface area contributed by atoms with Crippen LogP contribution in [0.1, 0.15) is 12.7 Å². The van der Waals surface area contributed by atoms with Crippen molar-refractivity contribution in [3.8, 4) is 0 Å². The topological polar surface area (TPSA) is 59.1 Å². The number of anilines is 3. The Morgan fingerprint density at radius 1 is 1.24 bits per heavy atom. The summed E-state index contributed by atoms with van der Waals surface area (Å²) in [7, 11) is 1.76. The van der Waals surface area contributed by atoms with Crippen LogP contribution in [-0.2, 0) is 11.3 Å². The summed E-state index contributed by atoms with van der Waals surface area (Å²) >= 11 is 5.66. The third kappa shape index (κ3) is 4.27. The maximum absolute atomic E-state index is 13.4. The van der Waals surface area contributed by atoms with E-state index in [9.17, 15) is 4.39 Å². The second kappa shape index (κ2) is 7.19. The highest BCUT2D eigenvalue weighted by Gasteiger charge is 2.06. The second-order valence-electron chi connectivity index (χ2n) is 4.20. The van der Waals surface area contributed by atoms with Gasteiger partial charge in [-0.15, -0.1) is 0 Å². The average Bonchev–Trinajstić information content (AvgIpc) is 2.48. The molecule has 0 radical (unpaired) electrons. The van der Waals surface area contributed by atoms with E-state index in [2.05, 4.69) is 20.6 Å². The third-order valence-corrected chi connectivity index (χ3v) is 2.96. The number of aromatic nitrogens is 2. The molecule has 2 N–H and O–H groups in total. The first-order valence-corrected chi connectivity index (χ1v) is 6.85. The lowest BCUT2D eigenvalue weighted by molar-refractivity contribution is 0.128. The molecule has 5 nitrogen and oxygen atoms in total. The lowest BCUT2D eigenvalue weighted by Crippen LogP contribution is -2.05. The first kappa shape index (κ1) is 15.5. The normalized spacial score (nSPS) is 10.5. The van der Waals surface area contributed by atoms with Gasteiger partial charge in [0.2, 0.25) is 0 Å². The van der Waals surface area contributed by atoms with Crippen LogP contribution in [0.4, 0.5) is 21.7 Å². The quantitative estimate of drug-likeness (QED) is 0.854. The third-order valence-electron chi connectivity index (χ3n) is 2.66. The Balaban J connectivity index is 2.23. The minimum atomic E-state index is -0.487. The van der Waals surface area contributed by atoms with Crippen molar-refractivity contribution in [1.29, 1.82) is 0 Å². The summed E-state index contributed by atoms with van der Waals surface area (Å²) in [6.45, 7) is 2.80. The zero-order valence-electron chi connectivity index (χ0n) is 11.8. The molecule has 0 aliphatic carbocycles. The fraction of sp³-hybridized carbons (Fsp3) is 0.286. The number of rotatable bonds is 6. The smallest absolute Gasteiger partial charge is 0.158 e. The van der Waals surface area contributed by atoms with Gasteiger partial charge in [0.25, 0.3) is 0 Å². The summed E-state index contributed by atoms with van der Waals surface area (Å²) in [4.78, 5) is 8.60. The van der Waals surface area contributed by atoms with Gasteiger partial charge in [-0.1, -0.05) is 11.6 Å². The maximum Gasteiger partial charge on any atom is 0.158 e. The van der Waals surface area contributed by atoms with E-state index in [1.54, 1.807) is 19.2 Å². The molecule has 1 aromatic carbocycles. The molecule has 0 aliphatic heterocycles. The van der Waals surface area contributed by atoms with Crippen LogP contribution in [0.25, 0.3) is 0 Å². The summed E-state index contributed by atoms with van der Waals surface area (Å²) < 4.78 is 18.7. The Labute approximate surface area is 127 Å². The van der Waals surface area contributed by atoms with Crippen LogP contribution in [-0.4, -0.2) is 23.6 Å². The van der Waals surface area contributed by atoms with E-state index in [1.165, 1.54) is 12.1 Å². The van der Waals surface area contributed by atoms with Crippen LogP contribution >= 0.6 is 11.6 Å². The van der Waals surface area contributed by atoms with Crippen LogP contribution in [0.15, 0.2) is 24.3 Å². The van der Waals surface area contributed by atoms with Gasteiger partial charge in [-0.2, -0.15) is 0 Å². The van der Waals surface area contributed by atoms with Crippen LogP contribution in [0.2, 0.25) is 5.02 Å². The molecular formula is C14H16ClFN4O. The summed E-state index contributed by atoms with van der Waals surface area (Å²) in [6.07, 6.45) is 0. The predicted octanol–water partition coefficient (Wildman–Crippen LogP) is 3.59. The number of ether oxygens (including phenoxy) is 1. The molecule has 2 aromatic rings. The summed E-state index contributed by atoms with van der Waals surface area (Å²) in [5.41, 5.74) is 0.556. The number of halogens is 2. The van der Waals surface area contributed by atoms with Gasteiger partial charge in [-0.3, -0.25) is 0 Å². The van der Waals surface area contributed by atoms with Gasteiger partial charge < -0.3 is 15.4 Å². The molecule has 0 bridgehead atoms. The summed E-state index contributed by atoms with van der Waals surface area (Å²) in [6, 6.07) is 6.20. The Kier molecular flexibility index (Phi) is 5.30. The highest BCUT2D eigenvalue weighted by Crippen LogP contribution is 2.22. The Morgan fingerprint density at radius 3 is 2.67 bits per heavy atom. The van der Waals surface area contributed by atoms with Gasteiger partial charge >= 0.3 is 0 Å². The molecule has 0 spiro atoms. The SMILES string of the molecule is CCOCc1nc(NC)cc(Nc2ccc(Cl)c(F)c2)n1.